The van der Waals surface area contributed by atoms with Crippen molar-refractivity contribution in [3.8, 4) is 0 Å². The van der Waals surface area contributed by atoms with E-state index in [2.05, 4.69) is 0 Å². The third kappa shape index (κ3) is 7.84. The monoisotopic (exact) mass is 442 g/mol. The van der Waals surface area contributed by atoms with Gasteiger partial charge in [-0.05, 0) is 63.5 Å². The number of amides is 1. The van der Waals surface area contributed by atoms with Gasteiger partial charge in [-0.1, -0.05) is 30.3 Å². The van der Waals surface area contributed by atoms with Gasteiger partial charge in [-0.15, -0.1) is 0 Å². The molecule has 1 aromatic rings. The van der Waals surface area contributed by atoms with Crippen molar-refractivity contribution in [2.75, 3.05) is 19.3 Å². The highest BCUT2D eigenvalue weighted by Crippen LogP contribution is 2.45. The summed E-state index contributed by atoms with van der Waals surface area (Å²) in [6.07, 6.45) is 3.30. The zero-order chi connectivity index (χ0) is 22.0. The van der Waals surface area contributed by atoms with E-state index in [1.165, 1.54) is 4.90 Å². The van der Waals surface area contributed by atoms with Crippen molar-refractivity contribution in [3.63, 3.8) is 0 Å². The number of rotatable bonds is 13. The minimum Gasteiger partial charge on any atom is -0.480 e. The summed E-state index contributed by atoms with van der Waals surface area (Å²) in [4.78, 5) is 35.9. The van der Waals surface area contributed by atoms with Gasteiger partial charge in [-0.2, -0.15) is 0 Å². The lowest BCUT2D eigenvalue weighted by atomic mass is 10.1. The van der Waals surface area contributed by atoms with Gasteiger partial charge in [0.15, 0.2) is 0 Å². The lowest BCUT2D eigenvalue weighted by molar-refractivity contribution is -0.151. The van der Waals surface area contributed by atoms with Crippen molar-refractivity contribution in [3.05, 3.63) is 35.9 Å². The largest absolute Gasteiger partial charge is 0.480 e. The first-order valence-corrected chi connectivity index (χ1v) is 12.4. The molecule has 1 aliphatic heterocycles. The molecule has 0 aliphatic carbocycles. The van der Waals surface area contributed by atoms with Crippen LogP contribution in [0.1, 0.15) is 51.9 Å². The number of carboxylic acids is 1. The van der Waals surface area contributed by atoms with E-state index in [1.54, 1.807) is 0 Å². The molecule has 1 aliphatic rings. The molecule has 1 aromatic carbocycles. The molecule has 30 heavy (non-hydrogen) atoms. The number of hydrogen-bond acceptors (Lipinski definition) is 5. The van der Waals surface area contributed by atoms with Crippen LogP contribution in [0.2, 0.25) is 0 Å². The lowest BCUT2D eigenvalue weighted by Crippen LogP contribution is -2.46. The average Bonchev–Trinajstić information content (AvgIpc) is 3.21. The Labute approximate surface area is 179 Å². The number of carboxylic acid groups (broad SMARTS) is 1. The van der Waals surface area contributed by atoms with Crippen LogP contribution in [0.25, 0.3) is 0 Å². The summed E-state index contributed by atoms with van der Waals surface area (Å²) in [6.45, 7) is 0.762. The van der Waals surface area contributed by atoms with Crippen molar-refractivity contribution in [1.82, 2.24) is 4.90 Å². The zero-order valence-corrected chi connectivity index (χ0v) is 18.2. The molecule has 1 heterocycles. The fourth-order valence-electron chi connectivity index (χ4n) is 3.70. The maximum atomic E-state index is 12.9. The van der Waals surface area contributed by atoms with E-state index in [0.717, 1.165) is 18.4 Å². The highest BCUT2D eigenvalue weighted by atomic mass is 31.2. The van der Waals surface area contributed by atoms with Crippen LogP contribution >= 0.6 is 7.60 Å². The maximum Gasteiger partial charge on any atom is 0.328 e. The van der Waals surface area contributed by atoms with E-state index in [-0.39, 0.29) is 14.0 Å². The van der Waals surface area contributed by atoms with Gasteiger partial charge in [0.25, 0.3) is 5.91 Å². The number of carbonyl (C=O) groups is 2. The first kappa shape index (κ1) is 24.5. The van der Waals surface area contributed by atoms with Crippen LogP contribution in [0.5, 0.6) is 0 Å². The molecule has 0 radical (unpaired) electrons. The number of aryl methyl sites for hydroxylation is 1. The molecule has 8 nitrogen and oxygen atoms in total. The van der Waals surface area contributed by atoms with E-state index in [4.69, 9.17) is 10.3 Å². The van der Waals surface area contributed by atoms with Crippen LogP contribution in [0.3, 0.4) is 0 Å². The third-order valence-corrected chi connectivity index (χ3v) is 6.77. The molecule has 1 fully saturated rings. The molecular formula is C21H35N2O6P. The summed E-state index contributed by atoms with van der Waals surface area (Å²) in [5.41, 5.74) is 6.67. The molecule has 1 amide bonds. The van der Waals surface area contributed by atoms with Crippen LogP contribution in [0, 0.1) is 0 Å². The summed E-state index contributed by atoms with van der Waals surface area (Å²) in [5, 5.41) is 9.34. The van der Waals surface area contributed by atoms with Crippen LogP contribution < -0.4 is 5.73 Å². The maximum absolute atomic E-state index is 12.9. The molecule has 1 saturated heterocycles. The molecule has 0 bridgehead atoms. The Morgan fingerprint density at radius 1 is 1.23 bits per heavy atom. The van der Waals surface area contributed by atoms with Crippen molar-refractivity contribution < 1.29 is 30.1 Å². The van der Waals surface area contributed by atoms with Gasteiger partial charge in [0.1, 0.15) is 12.1 Å². The first-order chi connectivity index (χ1) is 14.3. The third-order valence-electron chi connectivity index (χ3n) is 5.31. The summed E-state index contributed by atoms with van der Waals surface area (Å²) < 4.78 is 18.0. The van der Waals surface area contributed by atoms with E-state index >= 15 is 0 Å². The fraction of sp³-hybridized carbons (Fsp3) is 0.619. The lowest BCUT2D eigenvalue weighted by Gasteiger charge is -2.28. The number of nitrogens with zero attached hydrogens (tertiary/aromatic N) is 1. The number of hydrogen-bond donors (Lipinski definition) is 3. The van der Waals surface area contributed by atoms with Crippen LogP contribution in [-0.2, 0) is 25.1 Å². The standard InChI is InChI=1S/C21H33N2O6P.H2/c22-14-6-4-13-19(20(24)23-15-8-12-18(23)21(25)26)29-30(27,28)16-7-5-11-17-9-2-1-3-10-17;/h1-3,9-10,18-19H,4-8,11-16,22H2,(H,25,26)(H,27,28);1H/t18-,19+;/m0./s1. The van der Waals surface area contributed by atoms with Gasteiger partial charge >= 0.3 is 13.6 Å². The summed E-state index contributed by atoms with van der Waals surface area (Å²) in [5.74, 6) is -1.58. The Kier molecular flexibility index (Phi) is 9.98. The molecule has 9 heteroatoms. The molecule has 170 valence electrons. The smallest absolute Gasteiger partial charge is 0.328 e. The Hall–Kier alpha value is -1.73. The normalized spacial score (nSPS) is 19.4. The highest BCUT2D eigenvalue weighted by Gasteiger charge is 2.39. The average molecular weight is 442 g/mol. The number of aliphatic carboxylic acids is 1. The minimum absolute atomic E-state index is 0. The Morgan fingerprint density at radius 2 is 1.97 bits per heavy atom. The van der Waals surface area contributed by atoms with Gasteiger partial charge in [0, 0.05) is 7.97 Å². The first-order valence-electron chi connectivity index (χ1n) is 10.6. The quantitative estimate of drug-likeness (QED) is 0.316. The van der Waals surface area contributed by atoms with Crippen LogP contribution in [-0.4, -0.2) is 58.2 Å². The van der Waals surface area contributed by atoms with Crippen LogP contribution in [0.4, 0.5) is 0 Å². The Balaban J connectivity index is 0.00000480. The summed E-state index contributed by atoms with van der Waals surface area (Å²) in [7, 11) is -3.98. The number of benzene rings is 1. The number of carbonyl (C=O) groups excluding carboxylic acids is 1. The predicted octanol–water partition coefficient (Wildman–Crippen LogP) is 3.03. The number of unbranched alkanes of at least 4 members (excludes halogenated alkanes) is 2. The molecule has 0 saturated carbocycles. The van der Waals surface area contributed by atoms with Gasteiger partial charge in [0.05, 0.1) is 6.16 Å². The zero-order valence-electron chi connectivity index (χ0n) is 17.3. The second-order valence-electron chi connectivity index (χ2n) is 7.71. The number of nitrogens with two attached hydrogens (primary N) is 1. The van der Waals surface area contributed by atoms with Crippen molar-refractivity contribution in [2.24, 2.45) is 5.73 Å². The van der Waals surface area contributed by atoms with Crippen LogP contribution in [0.15, 0.2) is 30.3 Å². The van der Waals surface area contributed by atoms with E-state index < -0.39 is 31.6 Å². The molecule has 3 atom stereocenters. The molecular weight excluding hydrogens is 407 g/mol. The minimum atomic E-state index is -3.98. The Morgan fingerprint density at radius 3 is 2.63 bits per heavy atom. The highest BCUT2D eigenvalue weighted by molar-refractivity contribution is 7.52. The summed E-state index contributed by atoms with van der Waals surface area (Å²) >= 11 is 0. The molecule has 0 aromatic heterocycles. The molecule has 0 spiro atoms. The van der Waals surface area contributed by atoms with Gasteiger partial charge in [-0.3, -0.25) is 13.9 Å². The fourth-order valence-corrected chi connectivity index (χ4v) is 5.03. The Bertz CT molecular complexity index is 736. The van der Waals surface area contributed by atoms with E-state index in [9.17, 15) is 24.2 Å². The molecule has 4 N–H and O–H groups in total. The number of likely N-dealkylation sites (tertiary alicyclic amines) is 1. The van der Waals surface area contributed by atoms with Gasteiger partial charge < -0.3 is 20.6 Å². The van der Waals surface area contributed by atoms with Gasteiger partial charge in [0.2, 0.25) is 0 Å². The van der Waals surface area contributed by atoms with Crippen molar-refractivity contribution in [2.45, 2.75) is 63.5 Å². The second-order valence-corrected chi connectivity index (χ2v) is 9.64. The second kappa shape index (κ2) is 12.2. The SMILES string of the molecule is NCCCC[C@@H](OP(=O)(O)CCCCc1ccccc1)C(=O)N1CCC[C@H]1C(=O)O.[HH]. The van der Waals surface area contributed by atoms with Gasteiger partial charge in [-0.25, -0.2) is 4.79 Å². The predicted molar refractivity (Wildman–Crippen MR) is 116 cm³/mol. The van der Waals surface area contributed by atoms with E-state index in [1.807, 2.05) is 30.3 Å². The summed E-state index contributed by atoms with van der Waals surface area (Å²) in [6, 6.07) is 8.97. The van der Waals surface area contributed by atoms with E-state index in [0.29, 0.717) is 45.2 Å². The molecule has 1 unspecified atom stereocenters. The molecule has 2 rings (SSSR count). The van der Waals surface area contributed by atoms with Crippen molar-refractivity contribution in [1.29, 1.82) is 0 Å². The topological polar surface area (TPSA) is 130 Å². The van der Waals surface area contributed by atoms with Crippen molar-refractivity contribution >= 4 is 19.5 Å².